The van der Waals surface area contributed by atoms with Gasteiger partial charge in [-0.05, 0) is 29.7 Å². The molecule has 0 aliphatic rings. The van der Waals surface area contributed by atoms with E-state index >= 15 is 0 Å². The van der Waals surface area contributed by atoms with Gasteiger partial charge in [-0.15, -0.1) is 0 Å². The first-order valence-corrected chi connectivity index (χ1v) is 6.72. The third-order valence-corrected chi connectivity index (χ3v) is 3.19. The molecular weight excluding hydrogens is 266 g/mol. The number of benzene rings is 2. The monoisotopic (exact) mass is 283 g/mol. The lowest BCUT2D eigenvalue weighted by molar-refractivity contribution is -0.134. The number of amides is 1. The third-order valence-electron chi connectivity index (χ3n) is 3.19. The Morgan fingerprint density at radius 3 is 2.48 bits per heavy atom. The number of hydrogen-bond acceptors (Lipinski definition) is 3. The van der Waals surface area contributed by atoms with Crippen LogP contribution in [0.25, 0.3) is 0 Å². The van der Waals surface area contributed by atoms with Crippen LogP contribution >= 0.6 is 0 Å². The summed E-state index contributed by atoms with van der Waals surface area (Å²) < 4.78 is 5.25. The molecule has 4 heteroatoms. The summed E-state index contributed by atoms with van der Waals surface area (Å²) in [6.07, 6.45) is 0.269. The average Bonchev–Trinajstić information content (AvgIpc) is 2.48. The summed E-state index contributed by atoms with van der Waals surface area (Å²) in [5, 5.41) is 0. The summed E-state index contributed by atoms with van der Waals surface area (Å²) in [6, 6.07) is 16.1. The van der Waals surface area contributed by atoms with Crippen LogP contribution in [-0.4, -0.2) is 11.9 Å². The molecule has 0 aliphatic heterocycles. The lowest BCUT2D eigenvalue weighted by atomic mass is 9.98. The molecule has 108 valence electrons. The number of carbonyl (C=O) groups excluding carboxylic acids is 2. The van der Waals surface area contributed by atoms with Gasteiger partial charge in [-0.25, -0.2) is 0 Å². The SMILES string of the molecule is CC(CC(=O)Oc1cccc(C(N)=O)c1)c1ccccc1. The molecule has 0 saturated heterocycles. The number of nitrogens with two attached hydrogens (primary N) is 1. The molecule has 2 rings (SSSR count). The zero-order valence-corrected chi connectivity index (χ0v) is 11.8. The van der Waals surface area contributed by atoms with Gasteiger partial charge in [0, 0.05) is 5.56 Å². The van der Waals surface area contributed by atoms with Gasteiger partial charge in [-0.2, -0.15) is 0 Å². The maximum absolute atomic E-state index is 11.9. The highest BCUT2D eigenvalue weighted by atomic mass is 16.5. The van der Waals surface area contributed by atoms with Crippen LogP contribution in [0.2, 0.25) is 0 Å². The van der Waals surface area contributed by atoms with Crippen molar-refractivity contribution in [1.82, 2.24) is 0 Å². The molecule has 0 bridgehead atoms. The van der Waals surface area contributed by atoms with E-state index in [9.17, 15) is 9.59 Å². The smallest absolute Gasteiger partial charge is 0.311 e. The van der Waals surface area contributed by atoms with Crippen molar-refractivity contribution >= 4 is 11.9 Å². The number of esters is 1. The molecule has 0 fully saturated rings. The molecule has 0 saturated carbocycles. The van der Waals surface area contributed by atoms with E-state index in [0.29, 0.717) is 11.3 Å². The first-order valence-electron chi connectivity index (χ1n) is 6.72. The first kappa shape index (κ1) is 14.8. The van der Waals surface area contributed by atoms with Gasteiger partial charge in [0.15, 0.2) is 0 Å². The van der Waals surface area contributed by atoms with Crippen molar-refractivity contribution in [2.45, 2.75) is 19.3 Å². The minimum atomic E-state index is -0.550. The molecule has 1 unspecified atom stereocenters. The van der Waals surface area contributed by atoms with Crippen LogP contribution in [0.15, 0.2) is 54.6 Å². The fourth-order valence-corrected chi connectivity index (χ4v) is 2.04. The van der Waals surface area contributed by atoms with Gasteiger partial charge in [0.2, 0.25) is 5.91 Å². The molecular formula is C17H17NO3. The average molecular weight is 283 g/mol. The van der Waals surface area contributed by atoms with Crippen molar-refractivity contribution in [1.29, 1.82) is 0 Å². The summed E-state index contributed by atoms with van der Waals surface area (Å²) in [6.45, 7) is 1.97. The predicted octanol–water partition coefficient (Wildman–Crippen LogP) is 2.88. The summed E-state index contributed by atoms with van der Waals surface area (Å²) in [5.41, 5.74) is 6.59. The van der Waals surface area contributed by atoms with E-state index in [-0.39, 0.29) is 18.3 Å². The molecule has 0 radical (unpaired) electrons. The Labute approximate surface area is 123 Å². The summed E-state index contributed by atoms with van der Waals surface area (Å²) in [7, 11) is 0. The number of primary amides is 1. The second-order valence-corrected chi connectivity index (χ2v) is 4.88. The van der Waals surface area contributed by atoms with Crippen LogP contribution in [-0.2, 0) is 4.79 Å². The van der Waals surface area contributed by atoms with E-state index in [1.807, 2.05) is 37.3 Å². The van der Waals surface area contributed by atoms with Crippen LogP contribution in [0, 0.1) is 0 Å². The molecule has 4 nitrogen and oxygen atoms in total. The number of ether oxygens (including phenoxy) is 1. The van der Waals surface area contributed by atoms with Gasteiger partial charge in [0.25, 0.3) is 0 Å². The van der Waals surface area contributed by atoms with Crippen LogP contribution in [0.1, 0.15) is 35.2 Å². The molecule has 2 aromatic carbocycles. The fourth-order valence-electron chi connectivity index (χ4n) is 2.04. The Morgan fingerprint density at radius 1 is 1.10 bits per heavy atom. The van der Waals surface area contributed by atoms with Crippen molar-refractivity contribution in [3.8, 4) is 5.75 Å². The maximum Gasteiger partial charge on any atom is 0.311 e. The number of hydrogen-bond donors (Lipinski definition) is 1. The van der Waals surface area contributed by atoms with Crippen LogP contribution < -0.4 is 10.5 Å². The van der Waals surface area contributed by atoms with E-state index in [2.05, 4.69) is 0 Å². The molecule has 0 spiro atoms. The van der Waals surface area contributed by atoms with E-state index in [1.54, 1.807) is 18.2 Å². The van der Waals surface area contributed by atoms with Gasteiger partial charge >= 0.3 is 5.97 Å². The van der Waals surface area contributed by atoms with E-state index < -0.39 is 5.91 Å². The van der Waals surface area contributed by atoms with Crippen LogP contribution in [0.3, 0.4) is 0 Å². The predicted molar refractivity (Wildman–Crippen MR) is 80.1 cm³/mol. The normalized spacial score (nSPS) is 11.7. The summed E-state index contributed by atoms with van der Waals surface area (Å²) in [4.78, 5) is 23.0. The Morgan fingerprint density at radius 2 is 1.81 bits per heavy atom. The lowest BCUT2D eigenvalue weighted by Crippen LogP contribution is -2.13. The molecule has 21 heavy (non-hydrogen) atoms. The van der Waals surface area contributed by atoms with E-state index in [4.69, 9.17) is 10.5 Å². The van der Waals surface area contributed by atoms with Crippen molar-refractivity contribution in [3.63, 3.8) is 0 Å². The molecule has 1 atom stereocenters. The van der Waals surface area contributed by atoms with Gasteiger partial charge in [0.1, 0.15) is 5.75 Å². The largest absolute Gasteiger partial charge is 0.426 e. The summed E-state index contributed by atoms with van der Waals surface area (Å²) >= 11 is 0. The molecule has 2 aromatic rings. The Bertz CT molecular complexity index is 637. The highest BCUT2D eigenvalue weighted by Gasteiger charge is 2.13. The Hall–Kier alpha value is -2.62. The second-order valence-electron chi connectivity index (χ2n) is 4.88. The van der Waals surface area contributed by atoms with Gasteiger partial charge in [-0.1, -0.05) is 43.3 Å². The molecule has 2 N–H and O–H groups in total. The molecule has 1 amide bonds. The minimum Gasteiger partial charge on any atom is -0.426 e. The zero-order valence-electron chi connectivity index (χ0n) is 11.8. The first-order chi connectivity index (χ1) is 10.1. The standard InChI is InChI=1S/C17H17NO3/c1-12(13-6-3-2-4-7-13)10-16(19)21-15-9-5-8-14(11-15)17(18)20/h2-9,11-12H,10H2,1H3,(H2,18,20). The van der Waals surface area contributed by atoms with Crippen molar-refractivity contribution < 1.29 is 14.3 Å². The van der Waals surface area contributed by atoms with Crippen LogP contribution in [0.4, 0.5) is 0 Å². The van der Waals surface area contributed by atoms with Gasteiger partial charge < -0.3 is 10.5 Å². The van der Waals surface area contributed by atoms with Crippen molar-refractivity contribution in [3.05, 3.63) is 65.7 Å². The Balaban J connectivity index is 1.99. The third kappa shape index (κ3) is 4.18. The lowest BCUT2D eigenvalue weighted by Gasteiger charge is -2.11. The quantitative estimate of drug-likeness (QED) is 0.677. The highest BCUT2D eigenvalue weighted by molar-refractivity contribution is 5.93. The molecule has 0 aromatic heterocycles. The van der Waals surface area contributed by atoms with Crippen molar-refractivity contribution in [2.75, 3.05) is 0 Å². The fraction of sp³-hybridized carbons (Fsp3) is 0.176. The molecule has 0 heterocycles. The van der Waals surface area contributed by atoms with E-state index in [0.717, 1.165) is 5.56 Å². The van der Waals surface area contributed by atoms with Gasteiger partial charge in [-0.3, -0.25) is 9.59 Å². The molecule has 0 aliphatic carbocycles. The maximum atomic E-state index is 11.9. The minimum absolute atomic E-state index is 0.0676. The van der Waals surface area contributed by atoms with Gasteiger partial charge in [0.05, 0.1) is 6.42 Å². The van der Waals surface area contributed by atoms with Crippen LogP contribution in [0.5, 0.6) is 5.75 Å². The topological polar surface area (TPSA) is 69.4 Å². The summed E-state index contributed by atoms with van der Waals surface area (Å²) in [5.74, 6) is -0.492. The van der Waals surface area contributed by atoms with Crippen molar-refractivity contribution in [2.24, 2.45) is 5.73 Å². The zero-order chi connectivity index (χ0) is 15.2. The highest BCUT2D eigenvalue weighted by Crippen LogP contribution is 2.20. The number of rotatable bonds is 5. The number of carbonyl (C=O) groups is 2. The Kier molecular flexibility index (Phi) is 4.72. The second kappa shape index (κ2) is 6.70. The van der Waals surface area contributed by atoms with E-state index in [1.165, 1.54) is 6.07 Å².